The molecule has 1 aliphatic heterocycles. The Labute approximate surface area is 130 Å². The number of carbonyl (C=O) groups is 1. The van der Waals surface area contributed by atoms with E-state index in [0.717, 1.165) is 17.5 Å². The summed E-state index contributed by atoms with van der Waals surface area (Å²) in [5.41, 5.74) is -1.07. The normalized spacial score (nSPS) is 20.2. The fraction of sp³-hybridized carbons (Fsp3) is 0.692. The first-order valence-electron chi connectivity index (χ1n) is 6.93. The van der Waals surface area contributed by atoms with E-state index in [4.69, 9.17) is 16.3 Å². The lowest BCUT2D eigenvalue weighted by molar-refractivity contribution is -0.141. The Morgan fingerprint density at radius 1 is 1.59 bits per heavy atom. The Kier molecular flexibility index (Phi) is 5.01. The van der Waals surface area contributed by atoms with Gasteiger partial charge in [0.05, 0.1) is 16.8 Å². The van der Waals surface area contributed by atoms with E-state index in [1.165, 1.54) is 13.8 Å². The zero-order valence-corrected chi connectivity index (χ0v) is 13.0. The number of alkyl halides is 3. The second kappa shape index (κ2) is 6.45. The van der Waals surface area contributed by atoms with Gasteiger partial charge in [-0.2, -0.15) is 18.3 Å². The van der Waals surface area contributed by atoms with Gasteiger partial charge in [-0.05, 0) is 26.7 Å². The molecule has 2 atom stereocenters. The summed E-state index contributed by atoms with van der Waals surface area (Å²) in [6.07, 6.45) is -2.89. The van der Waals surface area contributed by atoms with Crippen LogP contribution in [0.15, 0.2) is 0 Å². The Balaban J connectivity index is 2.08. The molecule has 1 aromatic rings. The number of hydrogen-bond donors (Lipinski definition) is 1. The van der Waals surface area contributed by atoms with Crippen molar-refractivity contribution in [1.82, 2.24) is 15.1 Å². The van der Waals surface area contributed by atoms with Crippen molar-refractivity contribution in [3.8, 4) is 0 Å². The Morgan fingerprint density at radius 3 is 2.77 bits per heavy atom. The van der Waals surface area contributed by atoms with E-state index in [2.05, 4.69) is 10.4 Å². The lowest BCUT2D eigenvalue weighted by Gasteiger charge is -2.16. The van der Waals surface area contributed by atoms with Crippen molar-refractivity contribution in [2.24, 2.45) is 0 Å². The number of halogens is 4. The molecular formula is C13H17ClF3N3O2. The average molecular weight is 340 g/mol. The Morgan fingerprint density at radius 2 is 2.27 bits per heavy atom. The van der Waals surface area contributed by atoms with E-state index >= 15 is 0 Å². The van der Waals surface area contributed by atoms with Gasteiger partial charge < -0.3 is 10.1 Å². The van der Waals surface area contributed by atoms with Crippen molar-refractivity contribution >= 4 is 17.5 Å². The Hall–Kier alpha value is -1.28. The van der Waals surface area contributed by atoms with Crippen LogP contribution in [0.1, 0.15) is 37.2 Å². The third-order valence-corrected chi connectivity index (χ3v) is 4.07. The topological polar surface area (TPSA) is 56.2 Å². The molecule has 1 aliphatic rings. The second-order valence-corrected chi connectivity index (χ2v) is 5.62. The highest BCUT2D eigenvalue weighted by Crippen LogP contribution is 2.36. The molecule has 1 N–H and O–H groups in total. The number of nitrogens with zero attached hydrogens (tertiary/aromatic N) is 2. The maximum absolute atomic E-state index is 12.8. The highest BCUT2D eigenvalue weighted by molar-refractivity contribution is 6.32. The number of ether oxygens (including phenoxy) is 1. The molecule has 1 amide bonds. The van der Waals surface area contributed by atoms with Crippen molar-refractivity contribution in [1.29, 1.82) is 0 Å². The van der Waals surface area contributed by atoms with Gasteiger partial charge in [0.15, 0.2) is 5.69 Å². The highest BCUT2D eigenvalue weighted by atomic mass is 35.5. The molecule has 9 heteroatoms. The zero-order valence-electron chi connectivity index (χ0n) is 12.2. The first kappa shape index (κ1) is 17.1. The fourth-order valence-corrected chi connectivity index (χ4v) is 2.57. The van der Waals surface area contributed by atoms with Crippen molar-refractivity contribution in [3.63, 3.8) is 0 Å². The summed E-state index contributed by atoms with van der Waals surface area (Å²) in [6, 6.07) is -0.894. The second-order valence-electron chi connectivity index (χ2n) is 5.25. The van der Waals surface area contributed by atoms with Crippen LogP contribution >= 0.6 is 11.6 Å². The standard InChI is InChI=1S/C13H17ClF3N3O2/c1-7-10(14)11(13(15,16)17)19-20(7)8(2)12(21)18-6-9-4-3-5-22-9/h8-9H,3-6H2,1-2H3,(H,18,21)/t8-,9-/m0/s1. The molecule has 0 radical (unpaired) electrons. The highest BCUT2D eigenvalue weighted by Gasteiger charge is 2.39. The lowest BCUT2D eigenvalue weighted by atomic mass is 10.2. The molecule has 1 fully saturated rings. The van der Waals surface area contributed by atoms with E-state index in [1.54, 1.807) is 0 Å². The van der Waals surface area contributed by atoms with Crippen LogP contribution in [0.3, 0.4) is 0 Å². The molecule has 0 aromatic carbocycles. The van der Waals surface area contributed by atoms with Gasteiger partial charge in [-0.25, -0.2) is 0 Å². The van der Waals surface area contributed by atoms with Crippen LogP contribution in [0.2, 0.25) is 5.02 Å². The monoisotopic (exact) mass is 339 g/mol. The molecule has 5 nitrogen and oxygen atoms in total. The molecular weight excluding hydrogens is 323 g/mol. The molecule has 1 saturated heterocycles. The van der Waals surface area contributed by atoms with Crippen LogP contribution in [-0.2, 0) is 15.7 Å². The Bertz CT molecular complexity index is 553. The minimum atomic E-state index is -4.65. The van der Waals surface area contributed by atoms with Crippen molar-refractivity contribution < 1.29 is 22.7 Å². The molecule has 0 spiro atoms. The largest absolute Gasteiger partial charge is 0.436 e. The molecule has 0 bridgehead atoms. The minimum absolute atomic E-state index is 0.0378. The number of aromatic nitrogens is 2. The maximum Gasteiger partial charge on any atom is 0.436 e. The summed E-state index contributed by atoms with van der Waals surface area (Å²) in [5, 5.41) is 5.64. The van der Waals surface area contributed by atoms with Crippen LogP contribution < -0.4 is 5.32 Å². The van der Waals surface area contributed by atoms with E-state index in [-0.39, 0.29) is 11.8 Å². The lowest BCUT2D eigenvalue weighted by Crippen LogP contribution is -2.36. The van der Waals surface area contributed by atoms with Crippen LogP contribution in [0, 0.1) is 6.92 Å². The van der Waals surface area contributed by atoms with Crippen molar-refractivity contribution in [3.05, 3.63) is 16.4 Å². The minimum Gasteiger partial charge on any atom is -0.376 e. The number of hydrogen-bond acceptors (Lipinski definition) is 3. The number of carbonyl (C=O) groups excluding carboxylic acids is 1. The van der Waals surface area contributed by atoms with E-state index in [0.29, 0.717) is 13.2 Å². The smallest absolute Gasteiger partial charge is 0.376 e. The molecule has 0 unspecified atom stereocenters. The van der Waals surface area contributed by atoms with Crippen LogP contribution in [0.4, 0.5) is 13.2 Å². The fourth-order valence-electron chi connectivity index (χ4n) is 2.34. The van der Waals surface area contributed by atoms with Crippen LogP contribution in [-0.4, -0.2) is 34.9 Å². The van der Waals surface area contributed by atoms with Gasteiger partial charge in [-0.3, -0.25) is 9.48 Å². The predicted octanol–water partition coefficient (Wildman–Crippen LogP) is 2.72. The first-order valence-corrected chi connectivity index (χ1v) is 7.30. The van der Waals surface area contributed by atoms with Crippen LogP contribution in [0.25, 0.3) is 0 Å². The summed E-state index contributed by atoms with van der Waals surface area (Å²) in [6.45, 7) is 3.87. The van der Waals surface area contributed by atoms with Gasteiger partial charge in [0.1, 0.15) is 6.04 Å². The summed E-state index contributed by atoms with van der Waals surface area (Å²) in [7, 11) is 0. The van der Waals surface area contributed by atoms with E-state index < -0.39 is 28.8 Å². The van der Waals surface area contributed by atoms with Gasteiger partial charge in [0.25, 0.3) is 0 Å². The summed E-state index contributed by atoms with van der Waals surface area (Å²) in [5.74, 6) is -0.425. The molecule has 2 heterocycles. The van der Waals surface area contributed by atoms with Crippen LogP contribution in [0.5, 0.6) is 0 Å². The third kappa shape index (κ3) is 3.55. The van der Waals surface area contributed by atoms with Gasteiger partial charge in [0, 0.05) is 13.2 Å². The summed E-state index contributed by atoms with van der Waals surface area (Å²) < 4.78 is 44.7. The summed E-state index contributed by atoms with van der Waals surface area (Å²) in [4.78, 5) is 12.1. The van der Waals surface area contributed by atoms with E-state index in [9.17, 15) is 18.0 Å². The number of amides is 1. The predicted molar refractivity (Wildman–Crippen MR) is 73.7 cm³/mol. The molecule has 0 aliphatic carbocycles. The molecule has 0 saturated carbocycles. The van der Waals surface area contributed by atoms with Gasteiger partial charge in [0.2, 0.25) is 5.91 Å². The van der Waals surface area contributed by atoms with Crippen molar-refractivity contribution in [2.45, 2.75) is 45.0 Å². The van der Waals surface area contributed by atoms with E-state index in [1.807, 2.05) is 0 Å². The number of rotatable bonds is 4. The van der Waals surface area contributed by atoms with Gasteiger partial charge in [-0.1, -0.05) is 11.6 Å². The molecule has 124 valence electrons. The first-order chi connectivity index (χ1) is 10.2. The summed E-state index contributed by atoms with van der Waals surface area (Å²) >= 11 is 5.67. The molecule has 1 aromatic heterocycles. The molecule has 2 rings (SSSR count). The SMILES string of the molecule is Cc1c(Cl)c(C(F)(F)F)nn1[C@@H](C)C(=O)NC[C@@H]1CCCO1. The number of nitrogens with one attached hydrogen (secondary N) is 1. The average Bonchev–Trinajstić information content (AvgIpc) is 3.04. The zero-order chi connectivity index (χ0) is 16.5. The quantitative estimate of drug-likeness (QED) is 0.917. The van der Waals surface area contributed by atoms with Gasteiger partial charge >= 0.3 is 6.18 Å². The van der Waals surface area contributed by atoms with Crippen molar-refractivity contribution in [2.75, 3.05) is 13.2 Å². The van der Waals surface area contributed by atoms with Gasteiger partial charge in [-0.15, -0.1) is 0 Å². The maximum atomic E-state index is 12.8. The molecule has 22 heavy (non-hydrogen) atoms. The third-order valence-electron chi connectivity index (χ3n) is 3.62.